The molecule has 0 N–H and O–H groups in total. The number of nitrogens with zero attached hydrogens (tertiary/aromatic N) is 1. The van der Waals surface area contributed by atoms with Gasteiger partial charge in [0.25, 0.3) is 5.56 Å². The zero-order chi connectivity index (χ0) is 14.1. The fraction of sp³-hybridized carbons (Fsp3) is 0.0625. The molecule has 0 atom stereocenters. The Kier molecular flexibility index (Phi) is 2.99. The highest BCUT2D eigenvalue weighted by Gasteiger charge is 2.13. The molecule has 0 fully saturated rings. The lowest BCUT2D eigenvalue weighted by atomic mass is 10.1. The van der Waals surface area contributed by atoms with Crippen LogP contribution < -0.4 is 10.4 Å². The molecule has 3 aromatic rings. The van der Waals surface area contributed by atoms with Crippen LogP contribution in [0, 0.1) is 5.82 Å². The van der Waals surface area contributed by atoms with E-state index in [1.54, 1.807) is 36.4 Å². The first-order valence-corrected chi connectivity index (χ1v) is 6.16. The summed E-state index contributed by atoms with van der Waals surface area (Å²) >= 11 is 0. The minimum absolute atomic E-state index is 0.302. The molecule has 3 rings (SSSR count). The molecule has 0 saturated carbocycles. The Labute approximate surface area is 114 Å². The van der Waals surface area contributed by atoms with Crippen molar-refractivity contribution in [1.29, 1.82) is 0 Å². The predicted molar refractivity (Wildman–Crippen MR) is 76.1 cm³/mol. The van der Waals surface area contributed by atoms with Gasteiger partial charge in [0.15, 0.2) is 0 Å². The van der Waals surface area contributed by atoms with E-state index < -0.39 is 5.82 Å². The molecule has 1 aromatic heterocycles. The third-order valence-electron chi connectivity index (χ3n) is 3.22. The Bertz CT molecular complexity index is 839. The number of pyridine rings is 1. The topological polar surface area (TPSA) is 31.2 Å². The molecular weight excluding hydrogens is 257 g/mol. The van der Waals surface area contributed by atoms with Crippen LogP contribution in [0.15, 0.2) is 59.4 Å². The highest BCUT2D eigenvalue weighted by Crippen LogP contribution is 2.24. The van der Waals surface area contributed by atoms with E-state index in [-0.39, 0.29) is 5.56 Å². The van der Waals surface area contributed by atoms with E-state index in [1.165, 1.54) is 13.2 Å². The number of halogens is 1. The van der Waals surface area contributed by atoms with Crippen LogP contribution in [0.2, 0.25) is 0 Å². The summed E-state index contributed by atoms with van der Waals surface area (Å²) in [7, 11) is 1.39. The number of benzene rings is 2. The Morgan fingerprint density at radius 3 is 2.50 bits per heavy atom. The maximum Gasteiger partial charge on any atom is 0.291 e. The van der Waals surface area contributed by atoms with Gasteiger partial charge in [0.2, 0.25) is 0 Å². The molecule has 0 aliphatic heterocycles. The van der Waals surface area contributed by atoms with Crippen molar-refractivity contribution in [3.63, 3.8) is 0 Å². The predicted octanol–water partition coefficient (Wildman–Crippen LogP) is 2.87. The van der Waals surface area contributed by atoms with Gasteiger partial charge < -0.3 is 4.84 Å². The molecule has 0 saturated heterocycles. The summed E-state index contributed by atoms with van der Waals surface area (Å²) in [5, 5.41) is 1.29. The van der Waals surface area contributed by atoms with E-state index in [0.29, 0.717) is 16.6 Å². The van der Waals surface area contributed by atoms with Crippen molar-refractivity contribution in [3.8, 4) is 11.3 Å². The van der Waals surface area contributed by atoms with Crippen LogP contribution in [0.4, 0.5) is 4.39 Å². The van der Waals surface area contributed by atoms with Crippen molar-refractivity contribution >= 4 is 10.8 Å². The lowest BCUT2D eigenvalue weighted by Gasteiger charge is -2.13. The van der Waals surface area contributed by atoms with Crippen LogP contribution in [0.25, 0.3) is 22.0 Å². The van der Waals surface area contributed by atoms with Crippen LogP contribution in [0.5, 0.6) is 0 Å². The van der Waals surface area contributed by atoms with Crippen LogP contribution >= 0.6 is 0 Å². The highest BCUT2D eigenvalue weighted by atomic mass is 19.1. The van der Waals surface area contributed by atoms with Gasteiger partial charge in [0.1, 0.15) is 12.9 Å². The first-order valence-electron chi connectivity index (χ1n) is 6.16. The zero-order valence-corrected chi connectivity index (χ0v) is 10.8. The largest absolute Gasteiger partial charge is 0.413 e. The molecule has 4 heteroatoms. The molecule has 0 aliphatic carbocycles. The third-order valence-corrected chi connectivity index (χ3v) is 3.22. The Balaban J connectivity index is 2.42. The van der Waals surface area contributed by atoms with Crippen molar-refractivity contribution in [1.82, 2.24) is 4.73 Å². The summed E-state index contributed by atoms with van der Waals surface area (Å²) in [6, 6.07) is 15.2. The number of hydrogen-bond acceptors (Lipinski definition) is 2. The molecule has 0 unspecified atom stereocenters. The molecule has 0 aliphatic rings. The van der Waals surface area contributed by atoms with Crippen molar-refractivity contribution in [3.05, 3.63) is 70.8 Å². The number of aromatic nitrogens is 1. The van der Waals surface area contributed by atoms with Crippen molar-refractivity contribution in [2.24, 2.45) is 0 Å². The number of rotatable bonds is 2. The molecule has 2 aromatic carbocycles. The van der Waals surface area contributed by atoms with Gasteiger partial charge in [-0.15, -0.1) is 4.73 Å². The fourth-order valence-corrected chi connectivity index (χ4v) is 2.28. The van der Waals surface area contributed by atoms with Crippen LogP contribution in [0.1, 0.15) is 0 Å². The number of hydrogen-bond donors (Lipinski definition) is 0. The summed E-state index contributed by atoms with van der Waals surface area (Å²) in [5.41, 5.74) is 0.426. The van der Waals surface area contributed by atoms with E-state index in [2.05, 4.69) is 0 Å². The van der Waals surface area contributed by atoms with Gasteiger partial charge in [-0.3, -0.25) is 4.79 Å². The smallest absolute Gasteiger partial charge is 0.291 e. The first kappa shape index (κ1) is 12.4. The Morgan fingerprint density at radius 2 is 1.75 bits per heavy atom. The van der Waals surface area contributed by atoms with Crippen molar-refractivity contribution in [2.75, 3.05) is 7.11 Å². The maximum absolute atomic E-state index is 14.0. The minimum atomic E-state index is -0.395. The van der Waals surface area contributed by atoms with Gasteiger partial charge in [0, 0.05) is 5.56 Å². The third kappa shape index (κ3) is 1.86. The van der Waals surface area contributed by atoms with Crippen LogP contribution in [0.3, 0.4) is 0 Å². The van der Waals surface area contributed by atoms with E-state index in [1.807, 2.05) is 12.1 Å². The molecule has 0 amide bonds. The second-order valence-electron chi connectivity index (χ2n) is 4.38. The average Bonchev–Trinajstić information content (AvgIpc) is 2.48. The average molecular weight is 269 g/mol. The minimum Gasteiger partial charge on any atom is -0.413 e. The van der Waals surface area contributed by atoms with Gasteiger partial charge in [-0.1, -0.05) is 30.3 Å². The lowest BCUT2D eigenvalue weighted by Crippen LogP contribution is -2.26. The van der Waals surface area contributed by atoms with Gasteiger partial charge in [-0.05, 0) is 29.7 Å². The number of fused-ring (bicyclic) bond motifs is 1. The zero-order valence-electron chi connectivity index (χ0n) is 10.8. The molecular formula is C16H12FNO2. The molecule has 0 spiro atoms. The second kappa shape index (κ2) is 4.81. The lowest BCUT2D eigenvalue weighted by molar-refractivity contribution is 0.162. The normalized spacial score (nSPS) is 10.7. The SMILES string of the molecule is COn1c(-c2ccccc2F)cc2ccccc2c1=O. The van der Waals surface area contributed by atoms with Gasteiger partial charge in [0.05, 0.1) is 11.1 Å². The molecule has 20 heavy (non-hydrogen) atoms. The van der Waals surface area contributed by atoms with Gasteiger partial charge in [-0.2, -0.15) is 0 Å². The molecule has 100 valence electrons. The standard InChI is InChI=1S/C16H12FNO2/c1-20-18-15(13-8-4-5-9-14(13)17)10-11-6-2-3-7-12(11)16(18)19/h2-10H,1H3. The molecule has 3 nitrogen and oxygen atoms in total. The van der Waals surface area contributed by atoms with Crippen LogP contribution in [-0.2, 0) is 0 Å². The highest BCUT2D eigenvalue weighted by molar-refractivity contribution is 5.85. The fourth-order valence-electron chi connectivity index (χ4n) is 2.28. The summed E-state index contributed by atoms with van der Waals surface area (Å²) in [6.07, 6.45) is 0. The summed E-state index contributed by atoms with van der Waals surface area (Å²) in [4.78, 5) is 17.5. The van der Waals surface area contributed by atoms with E-state index >= 15 is 0 Å². The van der Waals surface area contributed by atoms with E-state index in [9.17, 15) is 9.18 Å². The quantitative estimate of drug-likeness (QED) is 0.716. The summed E-state index contributed by atoms with van der Waals surface area (Å²) in [6.45, 7) is 0. The van der Waals surface area contributed by atoms with Gasteiger partial charge >= 0.3 is 0 Å². The second-order valence-corrected chi connectivity index (χ2v) is 4.38. The summed E-state index contributed by atoms with van der Waals surface area (Å²) in [5.74, 6) is -0.395. The van der Waals surface area contributed by atoms with Crippen LogP contribution in [-0.4, -0.2) is 11.8 Å². The van der Waals surface area contributed by atoms with Crippen molar-refractivity contribution < 1.29 is 9.23 Å². The summed E-state index contributed by atoms with van der Waals surface area (Å²) < 4.78 is 15.1. The van der Waals surface area contributed by atoms with E-state index in [0.717, 1.165) is 10.1 Å². The molecule has 0 radical (unpaired) electrons. The molecule has 0 bridgehead atoms. The monoisotopic (exact) mass is 269 g/mol. The molecule has 1 heterocycles. The first-order chi connectivity index (χ1) is 9.72. The van der Waals surface area contributed by atoms with Gasteiger partial charge in [-0.25, -0.2) is 4.39 Å². The maximum atomic E-state index is 14.0. The Morgan fingerprint density at radius 1 is 1.05 bits per heavy atom. The Hall–Kier alpha value is -2.62. The van der Waals surface area contributed by atoms with Crippen molar-refractivity contribution in [2.45, 2.75) is 0 Å². The van der Waals surface area contributed by atoms with E-state index in [4.69, 9.17) is 4.84 Å².